The van der Waals surface area contributed by atoms with E-state index < -0.39 is 0 Å². The van der Waals surface area contributed by atoms with Gasteiger partial charge in [0.2, 0.25) is 5.91 Å². The zero-order valence-electron chi connectivity index (χ0n) is 8.84. The maximum atomic E-state index is 11.3. The average Bonchev–Trinajstić information content (AvgIpc) is 2.13. The Hall–Kier alpha value is -0.830. The van der Waals surface area contributed by atoms with E-state index in [2.05, 4.69) is 6.58 Å². The van der Waals surface area contributed by atoms with Crippen LogP contribution in [0.4, 0.5) is 0 Å². The van der Waals surface area contributed by atoms with E-state index in [0.29, 0.717) is 19.6 Å². The maximum absolute atomic E-state index is 11.3. The molecule has 0 aromatic carbocycles. The molecule has 0 atom stereocenters. The summed E-state index contributed by atoms with van der Waals surface area (Å²) < 4.78 is 0. The number of nitrogens with two attached hydrogens (primary N) is 1. The molecule has 0 unspecified atom stereocenters. The minimum absolute atomic E-state index is 0.0192. The highest BCUT2D eigenvalue weighted by Gasteiger charge is 2.21. The smallest absolute Gasteiger partial charge is 0.245 e. The van der Waals surface area contributed by atoms with Crippen molar-refractivity contribution in [2.24, 2.45) is 11.1 Å². The molecule has 0 aliphatic carbocycles. The van der Waals surface area contributed by atoms with Crippen molar-refractivity contribution >= 4 is 5.91 Å². The summed E-state index contributed by atoms with van der Waals surface area (Å²) in [4.78, 5) is 13.1. The normalized spacial score (nSPS) is 11.1. The second kappa shape index (κ2) is 5.02. The Morgan fingerprint density at radius 1 is 1.62 bits per heavy atom. The SMILES string of the molecule is C=CC(=O)N(CC)CC(C)(C)CN. The van der Waals surface area contributed by atoms with E-state index in [4.69, 9.17) is 5.73 Å². The highest BCUT2D eigenvalue weighted by Crippen LogP contribution is 2.14. The van der Waals surface area contributed by atoms with Gasteiger partial charge in [-0.05, 0) is 25.0 Å². The molecule has 3 heteroatoms. The number of rotatable bonds is 5. The predicted molar refractivity (Wildman–Crippen MR) is 55.3 cm³/mol. The first-order valence-electron chi connectivity index (χ1n) is 4.58. The largest absolute Gasteiger partial charge is 0.339 e. The third-order valence-electron chi connectivity index (χ3n) is 2.04. The number of hydrogen-bond acceptors (Lipinski definition) is 2. The van der Waals surface area contributed by atoms with Crippen LogP contribution < -0.4 is 5.73 Å². The molecule has 76 valence electrons. The molecule has 0 fully saturated rings. The molecule has 0 saturated carbocycles. The molecule has 0 aliphatic heterocycles. The first-order chi connectivity index (χ1) is 5.96. The van der Waals surface area contributed by atoms with Crippen LogP contribution in [0.2, 0.25) is 0 Å². The molecule has 0 radical (unpaired) electrons. The van der Waals surface area contributed by atoms with Crippen LogP contribution in [0, 0.1) is 5.41 Å². The van der Waals surface area contributed by atoms with Crippen LogP contribution in [0.3, 0.4) is 0 Å². The fraction of sp³-hybridized carbons (Fsp3) is 0.700. The molecule has 2 N–H and O–H groups in total. The lowest BCUT2D eigenvalue weighted by Gasteiger charge is -2.30. The number of amides is 1. The third-order valence-corrected chi connectivity index (χ3v) is 2.04. The maximum Gasteiger partial charge on any atom is 0.245 e. The molecular formula is C10H20N2O. The van der Waals surface area contributed by atoms with Gasteiger partial charge in [-0.25, -0.2) is 0 Å². The van der Waals surface area contributed by atoms with Crippen molar-refractivity contribution < 1.29 is 4.79 Å². The van der Waals surface area contributed by atoms with Gasteiger partial charge in [-0.1, -0.05) is 20.4 Å². The van der Waals surface area contributed by atoms with E-state index >= 15 is 0 Å². The van der Waals surface area contributed by atoms with Crippen molar-refractivity contribution in [2.45, 2.75) is 20.8 Å². The highest BCUT2D eigenvalue weighted by molar-refractivity contribution is 5.86. The quantitative estimate of drug-likeness (QED) is 0.648. The van der Waals surface area contributed by atoms with Gasteiger partial charge >= 0.3 is 0 Å². The molecule has 0 spiro atoms. The molecule has 13 heavy (non-hydrogen) atoms. The van der Waals surface area contributed by atoms with Crippen molar-refractivity contribution in [3.05, 3.63) is 12.7 Å². The molecule has 0 heterocycles. The van der Waals surface area contributed by atoms with Gasteiger partial charge in [0.1, 0.15) is 0 Å². The van der Waals surface area contributed by atoms with Gasteiger partial charge in [0.25, 0.3) is 0 Å². The van der Waals surface area contributed by atoms with Gasteiger partial charge in [-0.15, -0.1) is 0 Å². The molecule has 1 amide bonds. The van der Waals surface area contributed by atoms with Crippen LogP contribution in [0.5, 0.6) is 0 Å². The van der Waals surface area contributed by atoms with Crippen LogP contribution >= 0.6 is 0 Å². The van der Waals surface area contributed by atoms with E-state index in [1.165, 1.54) is 6.08 Å². The van der Waals surface area contributed by atoms with E-state index in [-0.39, 0.29) is 11.3 Å². The lowest BCUT2D eigenvalue weighted by molar-refractivity contribution is -0.127. The van der Waals surface area contributed by atoms with Crippen LogP contribution in [0.15, 0.2) is 12.7 Å². The summed E-state index contributed by atoms with van der Waals surface area (Å²) in [6, 6.07) is 0. The molecular weight excluding hydrogens is 164 g/mol. The highest BCUT2D eigenvalue weighted by atomic mass is 16.2. The van der Waals surface area contributed by atoms with Gasteiger partial charge in [0.05, 0.1) is 0 Å². The van der Waals surface area contributed by atoms with Gasteiger partial charge < -0.3 is 10.6 Å². The van der Waals surface area contributed by atoms with Crippen molar-refractivity contribution in [3.8, 4) is 0 Å². The Kier molecular flexibility index (Phi) is 4.70. The summed E-state index contributed by atoms with van der Waals surface area (Å²) in [5.74, 6) is -0.0241. The Bertz CT molecular complexity index is 187. The van der Waals surface area contributed by atoms with E-state index in [9.17, 15) is 4.79 Å². The minimum Gasteiger partial charge on any atom is -0.339 e. The summed E-state index contributed by atoms with van der Waals surface area (Å²) in [7, 11) is 0. The average molecular weight is 184 g/mol. The summed E-state index contributed by atoms with van der Waals surface area (Å²) in [6.45, 7) is 11.5. The van der Waals surface area contributed by atoms with Gasteiger partial charge in [0, 0.05) is 13.1 Å². The van der Waals surface area contributed by atoms with Gasteiger partial charge in [-0.3, -0.25) is 4.79 Å². The fourth-order valence-corrected chi connectivity index (χ4v) is 1.06. The standard InChI is InChI=1S/C10H20N2O/c1-5-9(13)12(6-2)8-10(3,4)7-11/h5H,1,6-8,11H2,2-4H3. The molecule has 0 aromatic rings. The molecule has 0 saturated heterocycles. The predicted octanol–water partition coefficient (Wildman–Crippen LogP) is 1.01. The zero-order chi connectivity index (χ0) is 10.5. The van der Waals surface area contributed by atoms with Crippen molar-refractivity contribution in [1.82, 2.24) is 4.90 Å². The number of carbonyl (C=O) groups is 1. The Morgan fingerprint density at radius 3 is 2.46 bits per heavy atom. The second-order valence-corrected chi connectivity index (χ2v) is 3.92. The van der Waals surface area contributed by atoms with Gasteiger partial charge in [-0.2, -0.15) is 0 Å². The fourth-order valence-electron chi connectivity index (χ4n) is 1.06. The van der Waals surface area contributed by atoms with Crippen molar-refractivity contribution in [3.63, 3.8) is 0 Å². The third kappa shape index (κ3) is 4.08. The first-order valence-corrected chi connectivity index (χ1v) is 4.58. The zero-order valence-corrected chi connectivity index (χ0v) is 8.84. The molecule has 0 bridgehead atoms. The van der Waals surface area contributed by atoms with Crippen LogP contribution in [-0.4, -0.2) is 30.4 Å². The van der Waals surface area contributed by atoms with E-state index in [1.54, 1.807) is 4.90 Å². The number of nitrogens with zero attached hydrogens (tertiary/aromatic N) is 1. The van der Waals surface area contributed by atoms with E-state index in [1.807, 2.05) is 20.8 Å². The summed E-state index contributed by atoms with van der Waals surface area (Å²) in [5, 5.41) is 0. The number of hydrogen-bond donors (Lipinski definition) is 1. The monoisotopic (exact) mass is 184 g/mol. The Morgan fingerprint density at radius 2 is 2.15 bits per heavy atom. The van der Waals surface area contributed by atoms with Crippen LogP contribution in [0.25, 0.3) is 0 Å². The first kappa shape index (κ1) is 12.2. The van der Waals surface area contributed by atoms with E-state index in [0.717, 1.165) is 0 Å². The van der Waals surface area contributed by atoms with Crippen LogP contribution in [-0.2, 0) is 4.79 Å². The Labute approximate surface area is 80.6 Å². The topological polar surface area (TPSA) is 46.3 Å². The molecule has 3 nitrogen and oxygen atoms in total. The Balaban J connectivity index is 4.28. The summed E-state index contributed by atoms with van der Waals surface area (Å²) in [5.41, 5.74) is 5.57. The minimum atomic E-state index is -0.0241. The lowest BCUT2D eigenvalue weighted by atomic mass is 9.93. The summed E-state index contributed by atoms with van der Waals surface area (Å²) in [6.07, 6.45) is 1.34. The van der Waals surface area contributed by atoms with Gasteiger partial charge in [0.15, 0.2) is 0 Å². The molecule has 0 aliphatic rings. The number of likely N-dealkylation sites (N-methyl/N-ethyl adjacent to an activating group) is 1. The molecule has 0 aromatic heterocycles. The summed E-state index contributed by atoms with van der Waals surface area (Å²) >= 11 is 0. The van der Waals surface area contributed by atoms with Crippen LogP contribution in [0.1, 0.15) is 20.8 Å². The lowest BCUT2D eigenvalue weighted by Crippen LogP contribution is -2.41. The van der Waals surface area contributed by atoms with Crippen molar-refractivity contribution in [1.29, 1.82) is 0 Å². The molecule has 0 rings (SSSR count). The number of carbonyl (C=O) groups excluding carboxylic acids is 1. The second-order valence-electron chi connectivity index (χ2n) is 3.92. The van der Waals surface area contributed by atoms with Crippen molar-refractivity contribution in [2.75, 3.05) is 19.6 Å².